The Kier molecular flexibility index (Phi) is 8.55. The molecule has 0 saturated carbocycles. The van der Waals surface area contributed by atoms with Gasteiger partial charge in [-0.3, -0.25) is 4.68 Å². The molecule has 8 nitrogen and oxygen atoms in total. The third-order valence-corrected chi connectivity index (χ3v) is 6.20. The molecule has 4 aromatic rings. The number of hydrogen-bond acceptors (Lipinski definition) is 6. The predicted octanol–water partition coefficient (Wildman–Crippen LogP) is 5.89. The van der Waals surface area contributed by atoms with E-state index in [1.165, 1.54) is 12.1 Å². The minimum Gasteiger partial charge on any atom is -0.444 e. The van der Waals surface area contributed by atoms with Crippen molar-refractivity contribution in [1.82, 2.24) is 20.1 Å². The number of aliphatic hydroxyl groups is 1. The van der Waals surface area contributed by atoms with Gasteiger partial charge in [-0.1, -0.05) is 18.1 Å². The molecule has 42 heavy (non-hydrogen) atoms. The molecular formula is C32H35F2N5O3. The summed E-state index contributed by atoms with van der Waals surface area (Å²) in [5.41, 5.74) is 1.22. The lowest BCUT2D eigenvalue weighted by molar-refractivity contribution is 0.0502. The molecule has 220 valence electrons. The Balaban J connectivity index is 1.96. The summed E-state index contributed by atoms with van der Waals surface area (Å²) in [4.78, 5) is 17.9. The van der Waals surface area contributed by atoms with Crippen LogP contribution in [0, 0.1) is 23.5 Å². The van der Waals surface area contributed by atoms with E-state index in [1.54, 1.807) is 52.4 Å². The molecular weight excluding hydrogens is 540 g/mol. The lowest BCUT2D eigenvalue weighted by Gasteiger charge is -2.25. The fourth-order valence-corrected chi connectivity index (χ4v) is 4.62. The van der Waals surface area contributed by atoms with Gasteiger partial charge in [0, 0.05) is 36.7 Å². The molecule has 4 rings (SSSR count). The summed E-state index contributed by atoms with van der Waals surface area (Å²) in [5.74, 6) is 4.87. The van der Waals surface area contributed by atoms with E-state index in [-0.39, 0.29) is 6.42 Å². The smallest absolute Gasteiger partial charge is 0.408 e. The summed E-state index contributed by atoms with van der Waals surface area (Å²) in [6, 6.07) is 11.6. The third kappa shape index (κ3) is 7.42. The highest BCUT2D eigenvalue weighted by atomic mass is 19.1. The second kappa shape index (κ2) is 11.8. The van der Waals surface area contributed by atoms with Crippen LogP contribution in [-0.2, 0) is 18.2 Å². The highest BCUT2D eigenvalue weighted by molar-refractivity contribution is 6.00. The van der Waals surface area contributed by atoms with E-state index in [0.717, 1.165) is 22.5 Å². The number of aryl methyl sites for hydroxylation is 1. The van der Waals surface area contributed by atoms with Crippen molar-refractivity contribution in [2.24, 2.45) is 7.05 Å². The van der Waals surface area contributed by atoms with Crippen molar-refractivity contribution in [1.29, 1.82) is 0 Å². The number of nitrogens with zero attached hydrogens (tertiary/aromatic N) is 3. The van der Waals surface area contributed by atoms with Gasteiger partial charge in [-0.2, -0.15) is 5.10 Å². The van der Waals surface area contributed by atoms with Crippen molar-refractivity contribution in [2.45, 2.75) is 58.3 Å². The van der Waals surface area contributed by atoms with Crippen LogP contribution in [-0.4, -0.2) is 44.2 Å². The van der Waals surface area contributed by atoms with Gasteiger partial charge in [-0.05, 0) is 82.9 Å². The van der Waals surface area contributed by atoms with Gasteiger partial charge in [0.15, 0.2) is 5.82 Å². The van der Waals surface area contributed by atoms with E-state index in [0.29, 0.717) is 28.3 Å². The minimum absolute atomic E-state index is 0.000569. The Bertz CT molecular complexity index is 1670. The van der Waals surface area contributed by atoms with Crippen LogP contribution in [0.5, 0.6) is 0 Å². The minimum atomic E-state index is -1.27. The van der Waals surface area contributed by atoms with Gasteiger partial charge in [0.25, 0.3) is 0 Å². The van der Waals surface area contributed by atoms with Crippen LogP contribution in [0.2, 0.25) is 0 Å². The van der Waals surface area contributed by atoms with E-state index in [4.69, 9.17) is 9.72 Å². The van der Waals surface area contributed by atoms with Crippen LogP contribution in [0.15, 0.2) is 48.5 Å². The van der Waals surface area contributed by atoms with Crippen molar-refractivity contribution in [3.05, 3.63) is 77.1 Å². The van der Waals surface area contributed by atoms with Gasteiger partial charge in [-0.25, -0.2) is 18.6 Å². The second-order valence-electron chi connectivity index (χ2n) is 11.5. The Morgan fingerprint density at radius 2 is 1.76 bits per heavy atom. The Hall–Kier alpha value is -4.49. The molecule has 0 spiro atoms. The van der Waals surface area contributed by atoms with Gasteiger partial charge >= 0.3 is 6.09 Å². The summed E-state index contributed by atoms with van der Waals surface area (Å²) in [5, 5.41) is 21.6. The molecule has 2 heterocycles. The number of carbonyl (C=O) groups is 1. The molecule has 3 N–H and O–H groups in total. The molecule has 1 atom stereocenters. The first-order chi connectivity index (χ1) is 19.6. The Morgan fingerprint density at radius 1 is 1.07 bits per heavy atom. The van der Waals surface area contributed by atoms with E-state index in [1.807, 2.05) is 31.3 Å². The van der Waals surface area contributed by atoms with Gasteiger partial charge in [0.05, 0.1) is 17.3 Å². The molecule has 10 heteroatoms. The van der Waals surface area contributed by atoms with E-state index in [9.17, 15) is 18.7 Å². The standard InChI is InChI=1S/C32H35F2N5O3/c1-31(2,3)42-30(40)37-26(17-19-15-20(33)18-21(34)16-19)27-23(12-11-22(36-27)13-14-32(4,5)41)24-9-8-10-25-28(24)39(7)38-29(25)35-6/h8-12,15-16,18,26,41H,17H2,1-7H3,(H,35,38)(H,37,40)/t26-/m0/s1. The number of benzene rings is 2. The maximum absolute atomic E-state index is 14.2. The van der Waals surface area contributed by atoms with Crippen molar-refractivity contribution >= 4 is 22.8 Å². The average Bonchev–Trinajstić information content (AvgIpc) is 3.20. The fraction of sp³-hybridized carbons (Fsp3) is 0.344. The summed E-state index contributed by atoms with van der Waals surface area (Å²) in [6.07, 6.45) is -0.722. The third-order valence-electron chi connectivity index (χ3n) is 6.20. The Labute approximate surface area is 244 Å². The zero-order valence-corrected chi connectivity index (χ0v) is 24.8. The molecule has 1 amide bonds. The largest absolute Gasteiger partial charge is 0.444 e. The van der Waals surface area contributed by atoms with Crippen LogP contribution in [0.25, 0.3) is 22.0 Å². The molecule has 0 unspecified atom stereocenters. The first-order valence-electron chi connectivity index (χ1n) is 13.5. The number of carbonyl (C=O) groups excluding carboxylic acids is 1. The number of hydrogen-bond donors (Lipinski definition) is 3. The number of ether oxygens (including phenoxy) is 1. The van der Waals surface area contributed by atoms with E-state index >= 15 is 0 Å². The number of pyridine rings is 1. The summed E-state index contributed by atoms with van der Waals surface area (Å²) >= 11 is 0. The molecule has 2 aromatic carbocycles. The number of amides is 1. The molecule has 0 aliphatic heterocycles. The topological polar surface area (TPSA) is 101 Å². The molecule has 2 aromatic heterocycles. The van der Waals surface area contributed by atoms with Gasteiger partial charge in [0.2, 0.25) is 0 Å². The maximum atomic E-state index is 14.2. The van der Waals surface area contributed by atoms with Crippen LogP contribution >= 0.6 is 0 Å². The SMILES string of the molecule is CNc1nn(C)c2c(-c3ccc(C#CC(C)(C)O)nc3[C@H](Cc3cc(F)cc(F)c3)NC(=O)OC(C)(C)C)cccc12. The zero-order chi connectivity index (χ0) is 30.8. The molecule has 0 aliphatic rings. The van der Waals surface area contributed by atoms with E-state index < -0.39 is 35.0 Å². The maximum Gasteiger partial charge on any atom is 0.408 e. The summed E-state index contributed by atoms with van der Waals surface area (Å²) in [7, 11) is 3.62. The number of alkyl carbamates (subject to hydrolysis) is 1. The lowest BCUT2D eigenvalue weighted by atomic mass is 9.94. The highest BCUT2D eigenvalue weighted by Gasteiger charge is 2.26. The highest BCUT2D eigenvalue weighted by Crippen LogP contribution is 2.36. The van der Waals surface area contributed by atoms with Crippen molar-refractivity contribution < 1.29 is 23.4 Å². The average molecular weight is 576 g/mol. The monoisotopic (exact) mass is 575 g/mol. The summed E-state index contributed by atoms with van der Waals surface area (Å²) < 4.78 is 35.7. The summed E-state index contributed by atoms with van der Waals surface area (Å²) in [6.45, 7) is 8.33. The fourth-order valence-electron chi connectivity index (χ4n) is 4.62. The number of nitrogens with one attached hydrogen (secondary N) is 2. The molecule has 0 bridgehead atoms. The normalized spacial score (nSPS) is 12.4. The predicted molar refractivity (Wildman–Crippen MR) is 159 cm³/mol. The number of fused-ring (bicyclic) bond motifs is 1. The van der Waals surface area contributed by atoms with Crippen LogP contribution in [0.4, 0.5) is 19.4 Å². The van der Waals surface area contributed by atoms with Crippen molar-refractivity contribution in [3.8, 4) is 23.0 Å². The van der Waals surface area contributed by atoms with Gasteiger partial charge in [-0.15, -0.1) is 0 Å². The first-order valence-corrected chi connectivity index (χ1v) is 13.5. The van der Waals surface area contributed by atoms with E-state index in [2.05, 4.69) is 27.6 Å². The number of anilines is 1. The molecule has 0 aliphatic carbocycles. The second-order valence-corrected chi connectivity index (χ2v) is 11.5. The molecule has 0 radical (unpaired) electrons. The molecule has 0 saturated heterocycles. The lowest BCUT2D eigenvalue weighted by Crippen LogP contribution is -2.36. The zero-order valence-electron chi connectivity index (χ0n) is 24.8. The van der Waals surface area contributed by atoms with Crippen LogP contribution in [0.3, 0.4) is 0 Å². The van der Waals surface area contributed by atoms with Crippen LogP contribution in [0.1, 0.15) is 57.6 Å². The molecule has 0 fully saturated rings. The van der Waals surface area contributed by atoms with Gasteiger partial charge < -0.3 is 20.5 Å². The van der Waals surface area contributed by atoms with Crippen molar-refractivity contribution in [3.63, 3.8) is 0 Å². The number of aromatic nitrogens is 3. The van der Waals surface area contributed by atoms with Crippen LogP contribution < -0.4 is 10.6 Å². The number of rotatable bonds is 6. The Morgan fingerprint density at radius 3 is 2.38 bits per heavy atom. The van der Waals surface area contributed by atoms with Crippen molar-refractivity contribution in [2.75, 3.05) is 12.4 Å². The first kappa shape index (κ1) is 30.5. The number of halogens is 2. The quantitative estimate of drug-likeness (QED) is 0.248. The van der Waals surface area contributed by atoms with Gasteiger partial charge in [0.1, 0.15) is 28.5 Å². The number of para-hydroxylation sites is 1.